The number of carboxylic acids is 1. The summed E-state index contributed by atoms with van der Waals surface area (Å²) in [6.45, 7) is -0.563. The van der Waals surface area contributed by atoms with Crippen LogP contribution in [0.4, 0.5) is 0 Å². The van der Waals surface area contributed by atoms with Gasteiger partial charge in [-0.3, -0.25) is 4.79 Å². The highest BCUT2D eigenvalue weighted by atomic mass is 16.4. The second kappa shape index (κ2) is 4.74. The highest BCUT2D eigenvalue weighted by Gasteiger charge is 2.21. The monoisotopic (exact) mass is 302 g/mol. The number of phenols is 2. The second-order valence-electron chi connectivity index (χ2n) is 4.68. The molecule has 1 heterocycles. The van der Waals surface area contributed by atoms with E-state index < -0.39 is 29.5 Å². The molecule has 7 heteroatoms. The van der Waals surface area contributed by atoms with Crippen LogP contribution in [0.1, 0.15) is 15.9 Å². The van der Waals surface area contributed by atoms with E-state index in [0.717, 1.165) is 0 Å². The Morgan fingerprint density at radius 1 is 1.09 bits per heavy atom. The van der Waals surface area contributed by atoms with Crippen LogP contribution in [0.25, 0.3) is 21.9 Å². The third-order valence-electron chi connectivity index (χ3n) is 3.42. The standard InChI is InChI=1S/C15H10O7/c16-5-6-4-9-11(14(19)12(6)17)13(18)10-7(15(20)21)2-1-3-8(10)22-9/h1-4,16-17,19H,5H2,(H,20,21). The number of benzene rings is 2. The number of aromatic carboxylic acids is 1. The van der Waals surface area contributed by atoms with Crippen LogP contribution in [0.2, 0.25) is 0 Å². The molecular weight excluding hydrogens is 292 g/mol. The Kier molecular flexibility index (Phi) is 3.00. The average Bonchev–Trinajstić information content (AvgIpc) is 2.49. The highest BCUT2D eigenvalue weighted by Crippen LogP contribution is 2.37. The molecule has 22 heavy (non-hydrogen) atoms. The molecule has 1 aromatic heterocycles. The van der Waals surface area contributed by atoms with Crippen LogP contribution < -0.4 is 5.43 Å². The molecule has 0 unspecified atom stereocenters. The first-order chi connectivity index (χ1) is 10.5. The number of phenolic OH excluding ortho intramolecular Hbond substituents is 1. The zero-order chi connectivity index (χ0) is 16.0. The lowest BCUT2D eigenvalue weighted by Crippen LogP contribution is -2.09. The van der Waals surface area contributed by atoms with Gasteiger partial charge >= 0.3 is 5.97 Å². The van der Waals surface area contributed by atoms with Gasteiger partial charge in [-0.1, -0.05) is 6.07 Å². The number of hydrogen-bond acceptors (Lipinski definition) is 6. The van der Waals surface area contributed by atoms with E-state index in [4.69, 9.17) is 14.6 Å². The molecule has 0 amide bonds. The molecule has 0 spiro atoms. The molecule has 0 atom stereocenters. The van der Waals surface area contributed by atoms with E-state index in [-0.39, 0.29) is 33.1 Å². The minimum atomic E-state index is -1.31. The molecule has 0 saturated carbocycles. The first-order valence-electron chi connectivity index (χ1n) is 6.23. The highest BCUT2D eigenvalue weighted by molar-refractivity contribution is 6.05. The third-order valence-corrected chi connectivity index (χ3v) is 3.42. The fourth-order valence-corrected chi connectivity index (χ4v) is 2.38. The normalized spacial score (nSPS) is 11.1. The van der Waals surface area contributed by atoms with Gasteiger partial charge in [0.1, 0.15) is 16.6 Å². The minimum absolute atomic E-state index is 0.0121. The van der Waals surface area contributed by atoms with E-state index >= 15 is 0 Å². The summed E-state index contributed by atoms with van der Waals surface area (Å²) in [4.78, 5) is 23.8. The number of hydrogen-bond donors (Lipinski definition) is 4. The maximum absolute atomic E-state index is 12.5. The molecule has 2 aromatic carbocycles. The van der Waals surface area contributed by atoms with E-state index in [2.05, 4.69) is 0 Å². The lowest BCUT2D eigenvalue weighted by Gasteiger charge is -2.09. The number of aliphatic hydroxyl groups excluding tert-OH is 1. The number of rotatable bonds is 2. The molecule has 0 radical (unpaired) electrons. The summed E-state index contributed by atoms with van der Waals surface area (Å²) in [6.07, 6.45) is 0. The number of aromatic hydroxyl groups is 2. The van der Waals surface area contributed by atoms with Crippen molar-refractivity contribution >= 4 is 27.9 Å². The van der Waals surface area contributed by atoms with Gasteiger partial charge in [0.2, 0.25) is 5.43 Å². The van der Waals surface area contributed by atoms with Gasteiger partial charge < -0.3 is 24.8 Å². The van der Waals surface area contributed by atoms with Crippen LogP contribution in [0, 0.1) is 0 Å². The van der Waals surface area contributed by atoms with E-state index in [1.807, 2.05) is 0 Å². The van der Waals surface area contributed by atoms with Crippen LogP contribution in [0.3, 0.4) is 0 Å². The fourth-order valence-electron chi connectivity index (χ4n) is 2.38. The Morgan fingerprint density at radius 2 is 1.82 bits per heavy atom. The molecule has 0 aliphatic heterocycles. The van der Waals surface area contributed by atoms with Crippen LogP contribution in [-0.2, 0) is 6.61 Å². The van der Waals surface area contributed by atoms with Crippen molar-refractivity contribution in [1.29, 1.82) is 0 Å². The van der Waals surface area contributed by atoms with Gasteiger partial charge in [-0.25, -0.2) is 4.79 Å². The average molecular weight is 302 g/mol. The quantitative estimate of drug-likeness (QED) is 0.417. The summed E-state index contributed by atoms with van der Waals surface area (Å²) in [5.74, 6) is -2.71. The Labute approximate surface area is 122 Å². The van der Waals surface area contributed by atoms with Crippen LogP contribution in [0.5, 0.6) is 11.5 Å². The second-order valence-corrected chi connectivity index (χ2v) is 4.68. The molecule has 112 valence electrons. The third kappa shape index (κ3) is 1.80. The largest absolute Gasteiger partial charge is 0.504 e. The molecule has 3 rings (SSSR count). The number of carboxylic acid groups (broad SMARTS) is 1. The minimum Gasteiger partial charge on any atom is -0.504 e. The summed E-state index contributed by atoms with van der Waals surface area (Å²) in [5, 5.41) is 37.5. The maximum Gasteiger partial charge on any atom is 0.336 e. The summed E-state index contributed by atoms with van der Waals surface area (Å²) in [7, 11) is 0. The maximum atomic E-state index is 12.5. The summed E-state index contributed by atoms with van der Waals surface area (Å²) in [5.41, 5.74) is -1.07. The lowest BCUT2D eigenvalue weighted by atomic mass is 10.0. The van der Waals surface area contributed by atoms with E-state index in [0.29, 0.717) is 0 Å². The first-order valence-corrected chi connectivity index (χ1v) is 6.23. The first kappa shape index (κ1) is 13.9. The van der Waals surface area contributed by atoms with Gasteiger partial charge in [0.25, 0.3) is 0 Å². The van der Waals surface area contributed by atoms with Crippen molar-refractivity contribution in [2.24, 2.45) is 0 Å². The molecule has 7 nitrogen and oxygen atoms in total. The number of aliphatic hydroxyl groups is 1. The smallest absolute Gasteiger partial charge is 0.336 e. The molecule has 0 saturated heterocycles. The van der Waals surface area contributed by atoms with Gasteiger partial charge in [0, 0.05) is 5.56 Å². The topological polar surface area (TPSA) is 128 Å². The molecule has 0 aliphatic rings. The predicted molar refractivity (Wildman–Crippen MR) is 76.2 cm³/mol. The zero-order valence-corrected chi connectivity index (χ0v) is 11.0. The van der Waals surface area contributed by atoms with Gasteiger partial charge in [0.05, 0.1) is 17.6 Å². The Hall–Kier alpha value is -3.06. The van der Waals surface area contributed by atoms with Crippen molar-refractivity contribution < 1.29 is 29.6 Å². The van der Waals surface area contributed by atoms with Gasteiger partial charge in [-0.15, -0.1) is 0 Å². The Balaban J connectivity index is 2.60. The molecule has 4 N–H and O–H groups in total. The van der Waals surface area contributed by atoms with Crippen molar-refractivity contribution in [2.45, 2.75) is 6.61 Å². The van der Waals surface area contributed by atoms with Crippen molar-refractivity contribution in [3.8, 4) is 11.5 Å². The Bertz CT molecular complexity index is 985. The van der Waals surface area contributed by atoms with Crippen molar-refractivity contribution in [3.05, 3.63) is 45.6 Å². The lowest BCUT2D eigenvalue weighted by molar-refractivity contribution is 0.0699. The van der Waals surface area contributed by atoms with Crippen molar-refractivity contribution in [1.82, 2.24) is 0 Å². The predicted octanol–water partition coefficient (Wildman–Crippen LogP) is 1.55. The summed E-state index contributed by atoms with van der Waals surface area (Å²) < 4.78 is 5.45. The van der Waals surface area contributed by atoms with E-state index in [1.165, 1.54) is 24.3 Å². The van der Waals surface area contributed by atoms with Crippen LogP contribution >= 0.6 is 0 Å². The van der Waals surface area contributed by atoms with E-state index in [1.54, 1.807) is 0 Å². The molecule has 3 aromatic rings. The van der Waals surface area contributed by atoms with Gasteiger partial charge in [0.15, 0.2) is 11.5 Å². The van der Waals surface area contributed by atoms with Gasteiger partial charge in [-0.05, 0) is 18.2 Å². The fraction of sp³-hybridized carbons (Fsp3) is 0.0667. The summed E-state index contributed by atoms with van der Waals surface area (Å²) in [6, 6.07) is 5.31. The summed E-state index contributed by atoms with van der Waals surface area (Å²) >= 11 is 0. The zero-order valence-electron chi connectivity index (χ0n) is 11.0. The number of fused-ring (bicyclic) bond motifs is 2. The molecule has 0 bridgehead atoms. The van der Waals surface area contributed by atoms with Crippen molar-refractivity contribution in [3.63, 3.8) is 0 Å². The van der Waals surface area contributed by atoms with Crippen molar-refractivity contribution in [2.75, 3.05) is 0 Å². The molecule has 0 fully saturated rings. The van der Waals surface area contributed by atoms with Gasteiger partial charge in [-0.2, -0.15) is 0 Å². The van der Waals surface area contributed by atoms with Crippen LogP contribution in [0.15, 0.2) is 33.5 Å². The molecular formula is C15H10O7. The van der Waals surface area contributed by atoms with Crippen LogP contribution in [-0.4, -0.2) is 26.4 Å². The SMILES string of the molecule is O=C(O)c1cccc2oc3cc(CO)c(O)c(O)c3c(=O)c12. The molecule has 0 aliphatic carbocycles. The Morgan fingerprint density at radius 3 is 2.45 bits per heavy atom. The number of carbonyl (C=O) groups is 1. The van der Waals surface area contributed by atoms with E-state index in [9.17, 15) is 19.8 Å².